The molecule has 0 unspecified atom stereocenters. The Labute approximate surface area is 89.5 Å². The predicted octanol–water partition coefficient (Wildman–Crippen LogP) is 1.16. The SMILES string of the molecule is Cc1cnc(NCC2(CO)CC2)cc1N. The van der Waals surface area contributed by atoms with Crippen molar-refractivity contribution in [2.75, 3.05) is 24.2 Å². The van der Waals surface area contributed by atoms with Gasteiger partial charge in [-0.25, -0.2) is 4.98 Å². The number of rotatable bonds is 4. The fourth-order valence-corrected chi connectivity index (χ4v) is 1.48. The minimum absolute atomic E-state index is 0.0985. The van der Waals surface area contributed by atoms with E-state index in [9.17, 15) is 0 Å². The number of aromatic nitrogens is 1. The summed E-state index contributed by atoms with van der Waals surface area (Å²) in [5, 5.41) is 12.4. The van der Waals surface area contributed by atoms with Crippen LogP contribution in [0.2, 0.25) is 0 Å². The third-order valence-corrected chi connectivity index (χ3v) is 3.08. The average Bonchev–Trinajstić information content (AvgIpc) is 3.01. The summed E-state index contributed by atoms with van der Waals surface area (Å²) in [5.74, 6) is 0.790. The van der Waals surface area contributed by atoms with E-state index in [0.29, 0.717) is 0 Å². The van der Waals surface area contributed by atoms with Gasteiger partial charge in [0.1, 0.15) is 5.82 Å². The van der Waals surface area contributed by atoms with Gasteiger partial charge in [-0.3, -0.25) is 0 Å². The smallest absolute Gasteiger partial charge is 0.127 e. The van der Waals surface area contributed by atoms with E-state index in [1.54, 1.807) is 6.20 Å². The van der Waals surface area contributed by atoms with Crippen molar-refractivity contribution in [3.8, 4) is 0 Å². The first kappa shape index (κ1) is 10.2. The number of pyridine rings is 1. The zero-order valence-electron chi connectivity index (χ0n) is 8.95. The van der Waals surface area contributed by atoms with Gasteiger partial charge in [0, 0.05) is 29.9 Å². The van der Waals surface area contributed by atoms with Crippen LogP contribution >= 0.6 is 0 Å². The van der Waals surface area contributed by atoms with Crippen LogP contribution in [-0.4, -0.2) is 23.2 Å². The number of aryl methyl sites for hydroxylation is 1. The Hall–Kier alpha value is -1.29. The highest BCUT2D eigenvalue weighted by Gasteiger charge is 2.41. The van der Waals surface area contributed by atoms with E-state index in [1.807, 2.05) is 13.0 Å². The van der Waals surface area contributed by atoms with Gasteiger partial charge in [-0.2, -0.15) is 0 Å². The molecule has 1 fully saturated rings. The van der Waals surface area contributed by atoms with Crippen LogP contribution in [0, 0.1) is 12.3 Å². The number of anilines is 2. The van der Waals surface area contributed by atoms with E-state index >= 15 is 0 Å². The summed E-state index contributed by atoms with van der Waals surface area (Å²) in [6.45, 7) is 2.96. The lowest BCUT2D eigenvalue weighted by Crippen LogP contribution is -2.19. The summed E-state index contributed by atoms with van der Waals surface area (Å²) < 4.78 is 0. The monoisotopic (exact) mass is 207 g/mol. The molecule has 4 nitrogen and oxygen atoms in total. The number of aliphatic hydroxyl groups is 1. The topological polar surface area (TPSA) is 71.2 Å². The zero-order valence-corrected chi connectivity index (χ0v) is 8.95. The molecule has 1 aliphatic rings. The van der Waals surface area contributed by atoms with Crippen molar-refractivity contribution < 1.29 is 5.11 Å². The van der Waals surface area contributed by atoms with Gasteiger partial charge >= 0.3 is 0 Å². The molecule has 2 rings (SSSR count). The highest BCUT2D eigenvalue weighted by molar-refractivity contribution is 5.53. The van der Waals surface area contributed by atoms with Gasteiger partial charge in [-0.1, -0.05) is 0 Å². The van der Waals surface area contributed by atoms with Crippen LogP contribution in [0.1, 0.15) is 18.4 Å². The number of nitrogens with zero attached hydrogens (tertiary/aromatic N) is 1. The molecule has 4 heteroatoms. The maximum absolute atomic E-state index is 9.15. The molecule has 1 saturated carbocycles. The van der Waals surface area contributed by atoms with Crippen LogP contribution in [-0.2, 0) is 0 Å². The predicted molar refractivity (Wildman–Crippen MR) is 60.6 cm³/mol. The molecular weight excluding hydrogens is 190 g/mol. The second kappa shape index (κ2) is 3.70. The molecule has 4 N–H and O–H groups in total. The summed E-state index contributed by atoms with van der Waals surface area (Å²) in [5.41, 5.74) is 7.62. The largest absolute Gasteiger partial charge is 0.398 e. The Morgan fingerprint density at radius 3 is 2.87 bits per heavy atom. The van der Waals surface area contributed by atoms with Gasteiger partial charge in [0.2, 0.25) is 0 Å². The highest BCUT2D eigenvalue weighted by Crippen LogP contribution is 2.44. The van der Waals surface area contributed by atoms with Crippen molar-refractivity contribution >= 4 is 11.5 Å². The lowest BCUT2D eigenvalue weighted by atomic mass is 10.1. The van der Waals surface area contributed by atoms with Crippen LogP contribution in [0.4, 0.5) is 11.5 Å². The number of hydrogen-bond donors (Lipinski definition) is 3. The second-order valence-electron chi connectivity index (χ2n) is 4.44. The van der Waals surface area contributed by atoms with Crippen molar-refractivity contribution in [3.05, 3.63) is 17.8 Å². The first-order valence-electron chi connectivity index (χ1n) is 5.22. The number of nitrogens with two attached hydrogens (primary N) is 1. The van der Waals surface area contributed by atoms with Crippen LogP contribution < -0.4 is 11.1 Å². The van der Waals surface area contributed by atoms with Gasteiger partial charge in [-0.05, 0) is 25.3 Å². The van der Waals surface area contributed by atoms with Crippen molar-refractivity contribution in [2.45, 2.75) is 19.8 Å². The van der Waals surface area contributed by atoms with Gasteiger partial charge in [0.15, 0.2) is 0 Å². The molecule has 1 aromatic rings. The third kappa shape index (κ3) is 2.21. The van der Waals surface area contributed by atoms with Crippen molar-refractivity contribution in [1.29, 1.82) is 0 Å². The minimum Gasteiger partial charge on any atom is -0.398 e. The highest BCUT2D eigenvalue weighted by atomic mass is 16.3. The normalized spacial score (nSPS) is 17.5. The van der Waals surface area contributed by atoms with Crippen molar-refractivity contribution in [2.24, 2.45) is 5.41 Å². The van der Waals surface area contributed by atoms with Gasteiger partial charge in [-0.15, -0.1) is 0 Å². The lowest BCUT2D eigenvalue weighted by molar-refractivity contribution is 0.219. The molecule has 0 atom stereocenters. The molecular formula is C11H17N3O. The van der Waals surface area contributed by atoms with E-state index in [0.717, 1.165) is 36.5 Å². The van der Waals surface area contributed by atoms with Crippen molar-refractivity contribution in [1.82, 2.24) is 4.98 Å². The van der Waals surface area contributed by atoms with E-state index < -0.39 is 0 Å². The first-order chi connectivity index (χ1) is 7.15. The molecule has 0 aromatic carbocycles. The van der Waals surface area contributed by atoms with Crippen molar-refractivity contribution in [3.63, 3.8) is 0 Å². The van der Waals surface area contributed by atoms with E-state index in [1.165, 1.54) is 0 Å². The summed E-state index contributed by atoms with van der Waals surface area (Å²) in [6, 6.07) is 1.84. The van der Waals surface area contributed by atoms with Gasteiger partial charge < -0.3 is 16.2 Å². The molecule has 15 heavy (non-hydrogen) atoms. The maximum Gasteiger partial charge on any atom is 0.127 e. The maximum atomic E-state index is 9.15. The summed E-state index contributed by atoms with van der Waals surface area (Å²) in [7, 11) is 0. The molecule has 1 aliphatic carbocycles. The van der Waals surface area contributed by atoms with Gasteiger partial charge in [0.25, 0.3) is 0 Å². The van der Waals surface area contributed by atoms with Gasteiger partial charge in [0.05, 0.1) is 6.61 Å². The molecule has 0 radical (unpaired) electrons. The Balaban J connectivity index is 1.96. The molecule has 0 bridgehead atoms. The molecule has 0 spiro atoms. The standard InChI is InChI=1S/C11H17N3O/c1-8-5-13-10(4-9(8)12)14-6-11(7-15)2-3-11/h4-5,15H,2-3,6-7H2,1H3,(H3,12,13,14). The summed E-state index contributed by atoms with van der Waals surface area (Å²) in [6.07, 6.45) is 3.95. The third-order valence-electron chi connectivity index (χ3n) is 3.08. The molecule has 1 heterocycles. The number of nitrogens with one attached hydrogen (secondary N) is 1. The number of hydrogen-bond acceptors (Lipinski definition) is 4. The second-order valence-corrected chi connectivity index (χ2v) is 4.44. The summed E-state index contributed by atoms with van der Waals surface area (Å²) in [4.78, 5) is 4.23. The Kier molecular flexibility index (Phi) is 2.52. The first-order valence-corrected chi connectivity index (χ1v) is 5.22. The fourth-order valence-electron chi connectivity index (χ4n) is 1.48. The molecule has 1 aromatic heterocycles. The number of aliphatic hydroxyl groups excluding tert-OH is 1. The Morgan fingerprint density at radius 1 is 1.60 bits per heavy atom. The molecule has 82 valence electrons. The van der Waals surface area contributed by atoms with E-state index in [4.69, 9.17) is 10.8 Å². The average molecular weight is 207 g/mol. The van der Waals surface area contributed by atoms with E-state index in [2.05, 4.69) is 10.3 Å². The lowest BCUT2D eigenvalue weighted by Gasteiger charge is -2.13. The number of nitrogen functional groups attached to an aromatic ring is 1. The Bertz CT molecular complexity index is 361. The molecule has 0 saturated heterocycles. The van der Waals surface area contributed by atoms with Crippen LogP contribution in [0.5, 0.6) is 0 Å². The van der Waals surface area contributed by atoms with Crippen LogP contribution in [0.25, 0.3) is 0 Å². The van der Waals surface area contributed by atoms with E-state index in [-0.39, 0.29) is 12.0 Å². The minimum atomic E-state index is 0.0985. The zero-order chi connectivity index (χ0) is 10.9. The molecule has 0 aliphatic heterocycles. The Morgan fingerprint density at radius 2 is 2.33 bits per heavy atom. The summed E-state index contributed by atoms with van der Waals surface area (Å²) >= 11 is 0. The van der Waals surface area contributed by atoms with Crippen LogP contribution in [0.3, 0.4) is 0 Å². The van der Waals surface area contributed by atoms with Crippen LogP contribution in [0.15, 0.2) is 12.3 Å². The molecule has 0 amide bonds. The fraction of sp³-hybridized carbons (Fsp3) is 0.545. The quantitative estimate of drug-likeness (QED) is 0.692.